The zero-order chi connectivity index (χ0) is 33.2. The van der Waals surface area contributed by atoms with Crippen molar-refractivity contribution in [1.29, 1.82) is 5.41 Å². The zero-order valence-corrected chi connectivity index (χ0v) is 28.3. The van der Waals surface area contributed by atoms with Gasteiger partial charge in [0.1, 0.15) is 11.7 Å². The summed E-state index contributed by atoms with van der Waals surface area (Å²) >= 11 is 0. The molecular weight excluding hydrogens is 547 g/mol. The van der Waals surface area contributed by atoms with Gasteiger partial charge in [-0.15, -0.1) is 13.2 Å². The molecule has 2 heterocycles. The van der Waals surface area contributed by atoms with Crippen LogP contribution in [-0.4, -0.2) is 59.8 Å². The lowest BCUT2D eigenvalue weighted by molar-refractivity contribution is 0.351. The van der Waals surface area contributed by atoms with Crippen LogP contribution in [-0.2, 0) is 0 Å². The van der Waals surface area contributed by atoms with Gasteiger partial charge in [0.15, 0.2) is 0 Å². The second kappa shape index (κ2) is 20.3. The Morgan fingerprint density at radius 3 is 2.27 bits per heavy atom. The van der Waals surface area contributed by atoms with E-state index in [4.69, 9.17) is 5.41 Å². The lowest BCUT2D eigenvalue weighted by Crippen LogP contribution is -2.24. The van der Waals surface area contributed by atoms with Crippen molar-refractivity contribution < 1.29 is 4.39 Å². The van der Waals surface area contributed by atoms with E-state index in [9.17, 15) is 4.39 Å². The molecule has 0 bridgehead atoms. The van der Waals surface area contributed by atoms with Crippen LogP contribution in [0.2, 0.25) is 0 Å². The van der Waals surface area contributed by atoms with E-state index in [0.717, 1.165) is 46.1 Å². The van der Waals surface area contributed by atoms with Gasteiger partial charge in [0.2, 0.25) is 0 Å². The molecular formula is C37H55FN6. The molecule has 1 saturated heterocycles. The summed E-state index contributed by atoms with van der Waals surface area (Å²) in [6.07, 6.45) is 13.6. The summed E-state index contributed by atoms with van der Waals surface area (Å²) in [5.41, 5.74) is 6.04. The summed E-state index contributed by atoms with van der Waals surface area (Å²) in [6.45, 7) is 25.3. The Morgan fingerprint density at radius 1 is 1.16 bits per heavy atom. The van der Waals surface area contributed by atoms with Gasteiger partial charge in [0, 0.05) is 60.8 Å². The third-order valence-electron chi connectivity index (χ3n) is 7.47. The van der Waals surface area contributed by atoms with E-state index in [-0.39, 0.29) is 5.83 Å². The number of likely N-dealkylation sites (N-methyl/N-ethyl adjacent to an activating group) is 2. The monoisotopic (exact) mass is 602 g/mol. The number of allylic oxidation sites excluding steroid dienone is 4. The normalized spacial score (nSPS) is 17.9. The fraction of sp³-hybridized carbons (Fsp3) is 0.432. The van der Waals surface area contributed by atoms with Gasteiger partial charge in [-0.05, 0) is 83.0 Å². The minimum absolute atomic E-state index is 0.00273. The van der Waals surface area contributed by atoms with Gasteiger partial charge in [0.25, 0.3) is 0 Å². The lowest BCUT2D eigenvalue weighted by atomic mass is 9.98. The number of halogens is 1. The van der Waals surface area contributed by atoms with Crippen LogP contribution in [0.3, 0.4) is 0 Å². The summed E-state index contributed by atoms with van der Waals surface area (Å²) in [5, 5.41) is 14.6. The molecule has 2 aromatic rings. The highest BCUT2D eigenvalue weighted by atomic mass is 19.1. The van der Waals surface area contributed by atoms with Gasteiger partial charge < -0.3 is 10.6 Å². The fourth-order valence-corrected chi connectivity index (χ4v) is 4.78. The average molecular weight is 603 g/mol. The maximum atomic E-state index is 12.5. The van der Waals surface area contributed by atoms with Gasteiger partial charge in [-0.3, -0.25) is 10.3 Å². The van der Waals surface area contributed by atoms with E-state index in [2.05, 4.69) is 66.1 Å². The Morgan fingerprint density at radius 2 is 1.82 bits per heavy atom. The molecule has 0 saturated carbocycles. The van der Waals surface area contributed by atoms with Crippen LogP contribution in [0.1, 0.15) is 65.3 Å². The summed E-state index contributed by atoms with van der Waals surface area (Å²) in [7, 11) is 4.08. The van der Waals surface area contributed by atoms with E-state index >= 15 is 0 Å². The molecule has 3 atom stereocenters. The molecule has 3 unspecified atom stereocenters. The standard InChI is InChI=1S/C18H20N4.C9H14FN.C8H15N.C2H6/c1-5-8-20-17-7-6-14(9-16(17)18(19)12(2)3)15-10-21-13(4)22-11-15;1-7(11-2)8-3-5-9(10)6-4-8;1-4-8-5-7(2)6-9(8)3;1-2/h5-7,9-11,19-20H,1-2,8H2,3-4H3;3,5,7,11H,4,6H2,1-2H3;4,7-8H,1,5-6H2,2-3H3;1-2H3. The van der Waals surface area contributed by atoms with E-state index in [1.807, 2.05) is 65.1 Å². The Kier molecular flexibility index (Phi) is 17.7. The number of likely N-dealkylation sites (tertiary alicyclic amines) is 1. The maximum absolute atomic E-state index is 12.5. The van der Waals surface area contributed by atoms with Crippen LogP contribution in [0.5, 0.6) is 0 Å². The molecule has 240 valence electrons. The molecule has 6 nitrogen and oxygen atoms in total. The van der Waals surface area contributed by atoms with Gasteiger partial charge in [-0.25, -0.2) is 14.4 Å². The first-order chi connectivity index (χ1) is 21.0. The molecule has 1 fully saturated rings. The second-order valence-electron chi connectivity index (χ2n) is 11.1. The number of nitrogens with one attached hydrogen (secondary N) is 3. The van der Waals surface area contributed by atoms with E-state index in [1.165, 1.54) is 18.5 Å². The Labute approximate surface area is 266 Å². The van der Waals surface area contributed by atoms with Crippen molar-refractivity contribution in [3.05, 3.63) is 103 Å². The smallest absolute Gasteiger partial charge is 0.125 e. The Hall–Kier alpha value is -3.68. The van der Waals surface area contributed by atoms with Gasteiger partial charge in [0.05, 0.1) is 5.71 Å². The minimum Gasteiger partial charge on any atom is -0.381 e. The first-order valence-corrected chi connectivity index (χ1v) is 15.6. The molecule has 7 heteroatoms. The summed E-state index contributed by atoms with van der Waals surface area (Å²) in [4.78, 5) is 10.8. The third kappa shape index (κ3) is 12.5. The molecule has 1 aliphatic heterocycles. The van der Waals surface area contributed by atoms with Crippen LogP contribution in [0, 0.1) is 18.3 Å². The number of aromatic nitrogens is 2. The predicted molar refractivity (Wildman–Crippen MR) is 189 cm³/mol. The van der Waals surface area contributed by atoms with Crippen LogP contribution in [0.25, 0.3) is 11.1 Å². The SMILES string of the molecule is C=CC1CC(C)CN1C.C=CCNc1ccc(-c2cnc(C)nc2)cc1C(=N)C(=C)C.CC.CNC(C)C1=CC=C(F)CC1. The number of rotatable bonds is 9. The van der Waals surface area contributed by atoms with Crippen LogP contribution in [0.4, 0.5) is 10.1 Å². The number of aryl methyl sites for hydroxylation is 1. The molecule has 0 spiro atoms. The Bertz CT molecular complexity index is 1280. The molecule has 1 aromatic carbocycles. The van der Waals surface area contributed by atoms with Gasteiger partial charge in [-0.1, -0.05) is 57.2 Å². The van der Waals surface area contributed by atoms with Crippen molar-refractivity contribution in [3.63, 3.8) is 0 Å². The molecule has 0 amide bonds. The van der Waals surface area contributed by atoms with Gasteiger partial charge in [-0.2, -0.15) is 0 Å². The lowest BCUT2D eigenvalue weighted by Gasteiger charge is -2.16. The van der Waals surface area contributed by atoms with Crippen LogP contribution >= 0.6 is 0 Å². The second-order valence-corrected chi connectivity index (χ2v) is 11.1. The summed E-state index contributed by atoms with van der Waals surface area (Å²) in [6, 6.07) is 6.94. The molecule has 0 radical (unpaired) electrons. The topological polar surface area (TPSA) is 76.9 Å². The number of benzene rings is 1. The van der Waals surface area contributed by atoms with Crippen molar-refractivity contribution in [3.8, 4) is 11.1 Å². The van der Waals surface area contributed by atoms with Crippen LogP contribution < -0.4 is 10.6 Å². The number of nitrogens with zero attached hydrogens (tertiary/aromatic N) is 3. The van der Waals surface area contributed by atoms with E-state index in [0.29, 0.717) is 30.8 Å². The zero-order valence-electron chi connectivity index (χ0n) is 28.3. The molecule has 3 N–H and O–H groups in total. The van der Waals surface area contributed by atoms with E-state index in [1.54, 1.807) is 24.5 Å². The molecule has 4 rings (SSSR count). The summed E-state index contributed by atoms with van der Waals surface area (Å²) in [5.74, 6) is 1.60. The largest absolute Gasteiger partial charge is 0.381 e. The Balaban J connectivity index is 0.000000365. The highest BCUT2D eigenvalue weighted by Crippen LogP contribution is 2.26. The van der Waals surface area contributed by atoms with Crippen molar-refractivity contribution in [2.75, 3.05) is 32.5 Å². The van der Waals surface area contributed by atoms with Crippen molar-refractivity contribution >= 4 is 11.4 Å². The van der Waals surface area contributed by atoms with Gasteiger partial charge >= 0.3 is 0 Å². The predicted octanol–water partition coefficient (Wildman–Crippen LogP) is 8.70. The molecule has 1 aromatic heterocycles. The van der Waals surface area contributed by atoms with E-state index < -0.39 is 0 Å². The van der Waals surface area contributed by atoms with Crippen LogP contribution in [0.15, 0.2) is 91.6 Å². The average Bonchev–Trinajstić information content (AvgIpc) is 3.38. The fourth-order valence-electron chi connectivity index (χ4n) is 4.78. The minimum atomic E-state index is -0.00273. The maximum Gasteiger partial charge on any atom is 0.125 e. The number of hydrogen-bond acceptors (Lipinski definition) is 6. The van der Waals surface area contributed by atoms with Crippen molar-refractivity contribution in [1.82, 2.24) is 20.2 Å². The highest BCUT2D eigenvalue weighted by molar-refractivity contribution is 6.13. The first kappa shape index (κ1) is 38.3. The third-order valence-corrected chi connectivity index (χ3v) is 7.47. The number of anilines is 1. The molecule has 44 heavy (non-hydrogen) atoms. The molecule has 2 aliphatic rings. The summed E-state index contributed by atoms with van der Waals surface area (Å²) < 4.78 is 12.5. The van der Waals surface area contributed by atoms with Crippen molar-refractivity contribution in [2.24, 2.45) is 5.92 Å². The molecule has 1 aliphatic carbocycles. The number of hydrogen-bond donors (Lipinski definition) is 3. The first-order valence-electron chi connectivity index (χ1n) is 15.6. The van der Waals surface area contributed by atoms with Crippen molar-refractivity contribution in [2.45, 2.75) is 72.9 Å². The highest BCUT2D eigenvalue weighted by Gasteiger charge is 2.23. The quantitative estimate of drug-likeness (QED) is 0.198.